The summed E-state index contributed by atoms with van der Waals surface area (Å²) in [6.07, 6.45) is -0.127. The molecule has 0 radical (unpaired) electrons. The number of anilines is 1. The van der Waals surface area contributed by atoms with Crippen LogP contribution in [-0.4, -0.2) is 22.1 Å². The molecule has 1 saturated carbocycles. The number of nitrogens with zero attached hydrogens (tertiary/aromatic N) is 2. The summed E-state index contributed by atoms with van der Waals surface area (Å²) < 4.78 is 36.9. The van der Waals surface area contributed by atoms with Crippen LogP contribution in [0.25, 0.3) is 0 Å². The third-order valence-electron chi connectivity index (χ3n) is 4.74. The minimum atomic E-state index is -4.23. The fraction of sp³-hybridized carbons (Fsp3) is 0.381. The molecule has 2 aromatic rings. The first-order chi connectivity index (χ1) is 13.7. The number of nitrogens with one attached hydrogen (secondary N) is 2. The van der Waals surface area contributed by atoms with E-state index < -0.39 is 12.6 Å². The first kappa shape index (κ1) is 20.8. The van der Waals surface area contributed by atoms with Gasteiger partial charge in [-0.25, -0.2) is 4.98 Å². The number of aromatic nitrogens is 2. The lowest BCUT2D eigenvalue weighted by Gasteiger charge is -2.16. The molecule has 1 atom stereocenters. The summed E-state index contributed by atoms with van der Waals surface area (Å²) in [5, 5.41) is 6.07. The minimum absolute atomic E-state index is 0.208. The van der Waals surface area contributed by atoms with Crippen molar-refractivity contribution in [2.45, 2.75) is 44.8 Å². The minimum Gasteiger partial charge on any atom is -0.345 e. The van der Waals surface area contributed by atoms with Gasteiger partial charge in [0.1, 0.15) is 5.82 Å². The van der Waals surface area contributed by atoms with Crippen LogP contribution >= 0.6 is 0 Å². The number of aryl methyl sites for hydroxylation is 1. The Labute approximate surface area is 167 Å². The van der Waals surface area contributed by atoms with E-state index in [-0.39, 0.29) is 18.4 Å². The first-order valence-corrected chi connectivity index (χ1v) is 9.45. The Morgan fingerprint density at radius 2 is 2.03 bits per heavy atom. The van der Waals surface area contributed by atoms with E-state index in [2.05, 4.69) is 27.2 Å². The summed E-state index contributed by atoms with van der Waals surface area (Å²) in [7, 11) is 0. The van der Waals surface area contributed by atoms with E-state index in [4.69, 9.17) is 0 Å². The fourth-order valence-electron chi connectivity index (χ4n) is 2.82. The molecule has 1 aliphatic rings. The molecule has 3 rings (SSSR count). The molecule has 8 heteroatoms. The van der Waals surface area contributed by atoms with Crippen LogP contribution in [0.1, 0.15) is 53.8 Å². The molecule has 0 spiro atoms. The van der Waals surface area contributed by atoms with E-state index in [1.54, 1.807) is 6.20 Å². The second-order valence-corrected chi connectivity index (χ2v) is 7.25. The maximum absolute atomic E-state index is 12.4. The highest BCUT2D eigenvalue weighted by atomic mass is 19.4. The summed E-state index contributed by atoms with van der Waals surface area (Å²) >= 11 is 0. The molecule has 0 bridgehead atoms. The zero-order valence-electron chi connectivity index (χ0n) is 16.1. The zero-order chi connectivity index (χ0) is 21.0. The van der Waals surface area contributed by atoms with Gasteiger partial charge >= 0.3 is 6.18 Å². The lowest BCUT2D eigenvalue weighted by molar-refractivity contribution is -0.134. The van der Waals surface area contributed by atoms with Gasteiger partial charge in [0.2, 0.25) is 0 Å². The van der Waals surface area contributed by atoms with E-state index in [9.17, 15) is 18.0 Å². The van der Waals surface area contributed by atoms with Crippen molar-refractivity contribution in [3.8, 4) is 0 Å². The molecule has 0 aromatic carbocycles. The third kappa shape index (κ3) is 6.30. The van der Waals surface area contributed by atoms with Gasteiger partial charge in [-0.05, 0) is 61.9 Å². The maximum Gasteiger partial charge on any atom is 0.389 e. The van der Waals surface area contributed by atoms with E-state index in [0.717, 1.165) is 24.1 Å². The van der Waals surface area contributed by atoms with E-state index in [1.165, 1.54) is 18.3 Å². The van der Waals surface area contributed by atoms with Crippen LogP contribution in [0, 0.1) is 5.92 Å². The summed E-state index contributed by atoms with van der Waals surface area (Å²) in [6.45, 7) is 5.86. The Kier molecular flexibility index (Phi) is 6.20. The largest absolute Gasteiger partial charge is 0.389 e. The Balaban J connectivity index is 1.57. The molecule has 0 saturated heterocycles. The number of hydrogen-bond donors (Lipinski definition) is 2. The van der Waals surface area contributed by atoms with Crippen molar-refractivity contribution in [2.75, 3.05) is 5.32 Å². The molecule has 2 N–H and O–H groups in total. The number of carbonyl (C=O) groups is 1. The van der Waals surface area contributed by atoms with Gasteiger partial charge in [-0.15, -0.1) is 0 Å². The normalized spacial score (nSPS) is 14.9. The molecule has 1 fully saturated rings. The van der Waals surface area contributed by atoms with Crippen molar-refractivity contribution in [1.82, 2.24) is 15.3 Å². The number of pyridine rings is 2. The monoisotopic (exact) mass is 404 g/mol. The number of rotatable bonds is 8. The molecule has 1 amide bonds. The van der Waals surface area contributed by atoms with Crippen LogP contribution in [0.3, 0.4) is 0 Å². The number of alkyl halides is 3. The quantitative estimate of drug-likeness (QED) is 0.663. The average Bonchev–Trinajstić information content (AvgIpc) is 3.52. The highest BCUT2D eigenvalue weighted by Gasteiger charge is 2.27. The standard InChI is InChI=1S/C21H23F3N4O/c1-13(15-3-4-15)27-19-11-16(8-10-25-19)14(2)28-20(29)17-5-6-18(26-12-17)7-9-21(22,23)24/h5-6,8,10-12,14-15H,1,3-4,7,9H2,2H3,(H,25,27)(H,28,29). The van der Waals surface area contributed by atoms with Crippen LogP contribution in [0.5, 0.6) is 0 Å². The van der Waals surface area contributed by atoms with Crippen LogP contribution in [-0.2, 0) is 6.42 Å². The molecule has 1 aliphatic carbocycles. The van der Waals surface area contributed by atoms with Gasteiger partial charge in [-0.2, -0.15) is 13.2 Å². The van der Waals surface area contributed by atoms with E-state index >= 15 is 0 Å². The van der Waals surface area contributed by atoms with Crippen molar-refractivity contribution in [2.24, 2.45) is 5.92 Å². The third-order valence-corrected chi connectivity index (χ3v) is 4.74. The molecule has 5 nitrogen and oxygen atoms in total. The zero-order valence-corrected chi connectivity index (χ0v) is 16.1. The molecular weight excluding hydrogens is 381 g/mol. The lowest BCUT2D eigenvalue weighted by Crippen LogP contribution is -2.27. The highest BCUT2D eigenvalue weighted by molar-refractivity contribution is 5.94. The van der Waals surface area contributed by atoms with Gasteiger partial charge in [0.25, 0.3) is 5.91 Å². The van der Waals surface area contributed by atoms with Crippen LogP contribution < -0.4 is 10.6 Å². The first-order valence-electron chi connectivity index (χ1n) is 9.45. The predicted octanol–water partition coefficient (Wildman–Crippen LogP) is 4.80. The molecule has 154 valence electrons. The molecule has 1 unspecified atom stereocenters. The van der Waals surface area contributed by atoms with Crippen LogP contribution in [0.15, 0.2) is 48.9 Å². The second-order valence-electron chi connectivity index (χ2n) is 7.25. The van der Waals surface area contributed by atoms with Gasteiger partial charge in [-0.3, -0.25) is 9.78 Å². The van der Waals surface area contributed by atoms with Crippen molar-refractivity contribution < 1.29 is 18.0 Å². The van der Waals surface area contributed by atoms with Gasteiger partial charge in [0.05, 0.1) is 11.6 Å². The average molecular weight is 404 g/mol. The molecule has 2 heterocycles. The van der Waals surface area contributed by atoms with Crippen molar-refractivity contribution in [3.05, 3.63) is 65.8 Å². The molecule has 29 heavy (non-hydrogen) atoms. The summed E-state index contributed by atoms with van der Waals surface area (Å²) in [5.41, 5.74) is 2.41. The fourth-order valence-corrected chi connectivity index (χ4v) is 2.82. The predicted molar refractivity (Wildman–Crippen MR) is 104 cm³/mol. The topological polar surface area (TPSA) is 66.9 Å². The van der Waals surface area contributed by atoms with Gasteiger partial charge in [0.15, 0.2) is 0 Å². The number of carbonyl (C=O) groups excluding carboxylic acids is 1. The number of hydrogen-bond acceptors (Lipinski definition) is 4. The SMILES string of the molecule is C=C(Nc1cc(C(C)NC(=O)c2ccc(CCC(F)(F)F)nc2)ccn1)C1CC1. The van der Waals surface area contributed by atoms with Gasteiger partial charge < -0.3 is 10.6 Å². The smallest absolute Gasteiger partial charge is 0.345 e. The summed E-state index contributed by atoms with van der Waals surface area (Å²) in [5.74, 6) is 0.835. The van der Waals surface area contributed by atoms with E-state index in [0.29, 0.717) is 23.0 Å². The van der Waals surface area contributed by atoms with Crippen LogP contribution in [0.2, 0.25) is 0 Å². The van der Waals surface area contributed by atoms with Gasteiger partial charge in [0, 0.05) is 30.2 Å². The van der Waals surface area contributed by atoms with Crippen molar-refractivity contribution >= 4 is 11.7 Å². The molecule has 0 aliphatic heterocycles. The summed E-state index contributed by atoms with van der Waals surface area (Å²) in [6, 6.07) is 6.32. The van der Waals surface area contributed by atoms with E-state index in [1.807, 2.05) is 19.1 Å². The highest BCUT2D eigenvalue weighted by Crippen LogP contribution is 2.35. The molecular formula is C21H23F3N4O. The Morgan fingerprint density at radius 1 is 1.28 bits per heavy atom. The Bertz CT molecular complexity index is 876. The lowest BCUT2D eigenvalue weighted by atomic mass is 10.1. The van der Waals surface area contributed by atoms with Gasteiger partial charge in [-0.1, -0.05) is 6.58 Å². The Morgan fingerprint density at radius 3 is 2.66 bits per heavy atom. The second kappa shape index (κ2) is 8.63. The van der Waals surface area contributed by atoms with Crippen molar-refractivity contribution in [1.29, 1.82) is 0 Å². The number of halogens is 3. The summed E-state index contributed by atoms with van der Waals surface area (Å²) in [4.78, 5) is 20.7. The maximum atomic E-state index is 12.4. The Hall–Kier alpha value is -2.90. The number of allylic oxidation sites excluding steroid dienone is 1. The van der Waals surface area contributed by atoms with Crippen LogP contribution in [0.4, 0.5) is 19.0 Å². The number of amides is 1. The van der Waals surface area contributed by atoms with Crippen molar-refractivity contribution in [3.63, 3.8) is 0 Å². The molecule has 2 aromatic heterocycles.